The molecule has 1 unspecified atom stereocenters. The summed E-state index contributed by atoms with van der Waals surface area (Å²) in [7, 11) is 0. The zero-order valence-electron chi connectivity index (χ0n) is 21.5. The van der Waals surface area contributed by atoms with E-state index in [-0.39, 0.29) is 18.0 Å². The summed E-state index contributed by atoms with van der Waals surface area (Å²) in [5, 5.41) is 0. The van der Waals surface area contributed by atoms with Crippen LogP contribution in [0.25, 0.3) is 11.4 Å². The summed E-state index contributed by atoms with van der Waals surface area (Å²) in [5.41, 5.74) is 2.04. The van der Waals surface area contributed by atoms with E-state index in [1.54, 1.807) is 6.92 Å². The first kappa shape index (κ1) is 28.2. The van der Waals surface area contributed by atoms with E-state index in [1.165, 1.54) is 44.5 Å². The number of esters is 2. The first-order valence-electron chi connectivity index (χ1n) is 13.0. The number of rotatable bonds is 16. The maximum atomic E-state index is 12.1. The number of ether oxygens (including phenoxy) is 2. The predicted octanol–water partition coefficient (Wildman–Crippen LogP) is 7.02. The van der Waals surface area contributed by atoms with Crippen molar-refractivity contribution in [3.8, 4) is 17.1 Å². The number of aryl methyl sites for hydroxylation is 1. The van der Waals surface area contributed by atoms with E-state index in [2.05, 4.69) is 29.0 Å². The largest absolute Gasteiger partial charge is 0.463 e. The molecule has 0 fully saturated rings. The van der Waals surface area contributed by atoms with Crippen LogP contribution in [-0.2, 0) is 20.7 Å². The Balaban J connectivity index is 1.71. The maximum Gasteiger partial charge on any atom is 0.311 e. The molecule has 0 saturated heterocycles. The number of hydrogen-bond donors (Lipinski definition) is 0. The van der Waals surface area contributed by atoms with Crippen molar-refractivity contribution in [1.82, 2.24) is 9.97 Å². The Labute approximate surface area is 210 Å². The van der Waals surface area contributed by atoms with Gasteiger partial charge in [0.1, 0.15) is 0 Å². The van der Waals surface area contributed by atoms with Crippen molar-refractivity contribution in [2.24, 2.45) is 0 Å². The number of carbonyl (C=O) groups is 2. The van der Waals surface area contributed by atoms with Gasteiger partial charge in [0.05, 0.1) is 18.5 Å². The van der Waals surface area contributed by atoms with Gasteiger partial charge in [-0.05, 0) is 44.6 Å². The molecule has 1 atom stereocenters. The van der Waals surface area contributed by atoms with E-state index >= 15 is 0 Å². The SMILES string of the molecule is CCCCCCCC=CCCC(=O)Oc1cnc(-c2ccc(CCC(C)OC(=O)CC)cc2)nc1. The normalized spacial score (nSPS) is 12.0. The second-order valence-electron chi connectivity index (χ2n) is 8.82. The van der Waals surface area contributed by atoms with Gasteiger partial charge in [0, 0.05) is 18.4 Å². The van der Waals surface area contributed by atoms with Crippen LogP contribution in [0.3, 0.4) is 0 Å². The van der Waals surface area contributed by atoms with Crippen LogP contribution >= 0.6 is 0 Å². The van der Waals surface area contributed by atoms with Gasteiger partial charge in [0.15, 0.2) is 11.6 Å². The number of benzene rings is 1. The van der Waals surface area contributed by atoms with Crippen molar-refractivity contribution in [2.45, 2.75) is 97.5 Å². The van der Waals surface area contributed by atoms with Crippen molar-refractivity contribution in [2.75, 3.05) is 0 Å². The van der Waals surface area contributed by atoms with E-state index in [0.29, 0.717) is 30.8 Å². The highest BCUT2D eigenvalue weighted by Gasteiger charge is 2.09. The molecule has 0 aliphatic carbocycles. The lowest BCUT2D eigenvalue weighted by Crippen LogP contribution is -2.14. The number of allylic oxidation sites excluding steroid dienone is 2. The quantitative estimate of drug-likeness (QED) is 0.146. The lowest BCUT2D eigenvalue weighted by Gasteiger charge is -2.12. The summed E-state index contributed by atoms with van der Waals surface area (Å²) in [6.07, 6.45) is 17.6. The Morgan fingerprint density at radius 1 is 0.914 bits per heavy atom. The summed E-state index contributed by atoms with van der Waals surface area (Å²) < 4.78 is 10.7. The fourth-order valence-corrected chi connectivity index (χ4v) is 3.56. The molecule has 35 heavy (non-hydrogen) atoms. The molecule has 6 heteroatoms. The molecule has 0 saturated carbocycles. The van der Waals surface area contributed by atoms with Gasteiger partial charge in [0.25, 0.3) is 0 Å². The molecular weight excluding hydrogens is 440 g/mol. The van der Waals surface area contributed by atoms with Crippen LogP contribution in [-0.4, -0.2) is 28.0 Å². The highest BCUT2D eigenvalue weighted by Crippen LogP contribution is 2.19. The van der Waals surface area contributed by atoms with E-state index in [4.69, 9.17) is 9.47 Å². The molecule has 1 aromatic carbocycles. The molecule has 0 aliphatic rings. The van der Waals surface area contributed by atoms with Crippen LogP contribution in [0.15, 0.2) is 48.8 Å². The second-order valence-corrected chi connectivity index (χ2v) is 8.82. The predicted molar refractivity (Wildman–Crippen MR) is 139 cm³/mol. The zero-order chi connectivity index (χ0) is 25.3. The highest BCUT2D eigenvalue weighted by molar-refractivity contribution is 5.72. The topological polar surface area (TPSA) is 78.4 Å². The second kappa shape index (κ2) is 16.6. The number of aromatic nitrogens is 2. The van der Waals surface area contributed by atoms with Gasteiger partial charge in [-0.2, -0.15) is 0 Å². The molecule has 0 bridgehead atoms. The number of unbranched alkanes of at least 4 members (excludes halogenated alkanes) is 5. The van der Waals surface area contributed by atoms with Crippen molar-refractivity contribution in [1.29, 1.82) is 0 Å². The summed E-state index contributed by atoms with van der Waals surface area (Å²) in [6, 6.07) is 7.99. The van der Waals surface area contributed by atoms with Gasteiger partial charge in [-0.3, -0.25) is 9.59 Å². The molecule has 1 heterocycles. The molecule has 190 valence electrons. The molecule has 0 aliphatic heterocycles. The van der Waals surface area contributed by atoms with Crippen molar-refractivity contribution >= 4 is 11.9 Å². The molecule has 0 radical (unpaired) electrons. The third-order valence-electron chi connectivity index (χ3n) is 5.69. The summed E-state index contributed by atoms with van der Waals surface area (Å²) in [4.78, 5) is 32.1. The minimum Gasteiger partial charge on any atom is -0.463 e. The first-order valence-corrected chi connectivity index (χ1v) is 13.0. The average Bonchev–Trinajstić information content (AvgIpc) is 2.87. The number of hydrogen-bond acceptors (Lipinski definition) is 6. The maximum absolute atomic E-state index is 12.1. The molecular formula is C29H40N2O4. The molecule has 0 N–H and O–H groups in total. The van der Waals surface area contributed by atoms with E-state index in [1.807, 2.05) is 31.2 Å². The van der Waals surface area contributed by atoms with Crippen LogP contribution in [0.4, 0.5) is 0 Å². The third-order valence-corrected chi connectivity index (χ3v) is 5.69. The molecule has 2 rings (SSSR count). The average molecular weight is 481 g/mol. The van der Waals surface area contributed by atoms with Gasteiger partial charge < -0.3 is 9.47 Å². The van der Waals surface area contributed by atoms with Crippen molar-refractivity contribution in [3.63, 3.8) is 0 Å². The number of nitrogens with zero attached hydrogens (tertiary/aromatic N) is 2. The highest BCUT2D eigenvalue weighted by atomic mass is 16.5. The first-order chi connectivity index (χ1) is 17.0. The molecule has 0 amide bonds. The third kappa shape index (κ3) is 11.8. The zero-order valence-corrected chi connectivity index (χ0v) is 21.5. The Morgan fingerprint density at radius 3 is 2.29 bits per heavy atom. The van der Waals surface area contributed by atoms with Crippen LogP contribution in [0.1, 0.15) is 90.5 Å². The molecule has 1 aromatic heterocycles. The Morgan fingerprint density at radius 2 is 1.60 bits per heavy atom. The monoisotopic (exact) mass is 480 g/mol. The summed E-state index contributed by atoms with van der Waals surface area (Å²) in [6.45, 7) is 5.93. The molecule has 6 nitrogen and oxygen atoms in total. The molecule has 2 aromatic rings. The summed E-state index contributed by atoms with van der Waals surface area (Å²) in [5.74, 6) is 0.478. The van der Waals surface area contributed by atoms with Gasteiger partial charge in [-0.1, -0.05) is 75.9 Å². The smallest absolute Gasteiger partial charge is 0.311 e. The van der Waals surface area contributed by atoms with Crippen LogP contribution in [0, 0.1) is 0 Å². The fraction of sp³-hybridized carbons (Fsp3) is 0.517. The standard InChI is InChI=1S/C29H40N2O4/c1-4-6-7-8-9-10-11-12-13-14-28(33)35-26-21-30-29(31-22-26)25-19-17-24(18-20-25)16-15-23(3)34-27(32)5-2/h11-12,17-23H,4-10,13-16H2,1-3H3. The van der Waals surface area contributed by atoms with Gasteiger partial charge in [0.2, 0.25) is 0 Å². The van der Waals surface area contributed by atoms with Crippen molar-refractivity contribution < 1.29 is 19.1 Å². The van der Waals surface area contributed by atoms with Gasteiger partial charge >= 0.3 is 11.9 Å². The minimum atomic E-state index is -0.280. The van der Waals surface area contributed by atoms with Gasteiger partial charge in [-0.25, -0.2) is 9.97 Å². The van der Waals surface area contributed by atoms with Crippen LogP contribution in [0.2, 0.25) is 0 Å². The van der Waals surface area contributed by atoms with E-state index in [0.717, 1.165) is 30.4 Å². The Bertz CT molecular complexity index is 907. The Hall–Kier alpha value is -3.02. The van der Waals surface area contributed by atoms with Gasteiger partial charge in [-0.15, -0.1) is 0 Å². The van der Waals surface area contributed by atoms with E-state index in [9.17, 15) is 9.59 Å². The fourth-order valence-electron chi connectivity index (χ4n) is 3.56. The Kier molecular flexibility index (Phi) is 13.4. The lowest BCUT2D eigenvalue weighted by molar-refractivity contribution is -0.148. The molecule has 0 spiro atoms. The lowest BCUT2D eigenvalue weighted by atomic mass is 10.1. The van der Waals surface area contributed by atoms with E-state index < -0.39 is 0 Å². The minimum absolute atomic E-state index is 0.0999. The van der Waals surface area contributed by atoms with Crippen LogP contribution in [0.5, 0.6) is 5.75 Å². The summed E-state index contributed by atoms with van der Waals surface area (Å²) >= 11 is 0. The van der Waals surface area contributed by atoms with Crippen LogP contribution < -0.4 is 4.74 Å². The number of carbonyl (C=O) groups excluding carboxylic acids is 2. The van der Waals surface area contributed by atoms with Crippen molar-refractivity contribution in [3.05, 3.63) is 54.4 Å².